The molecule has 21 heavy (non-hydrogen) atoms. The molecule has 116 valence electrons. The van der Waals surface area contributed by atoms with Crippen LogP contribution in [-0.2, 0) is 0 Å². The molecule has 1 heterocycles. The summed E-state index contributed by atoms with van der Waals surface area (Å²) in [5.74, 6) is 0.693. The largest absolute Gasteiger partial charge is 0.459 e. The quantitative estimate of drug-likeness (QED) is 0.610. The van der Waals surface area contributed by atoms with Crippen molar-refractivity contribution in [2.75, 3.05) is 7.05 Å². The van der Waals surface area contributed by atoms with Crippen molar-refractivity contribution in [2.24, 2.45) is 0 Å². The molecule has 0 amide bonds. The third kappa shape index (κ3) is 4.57. The predicted octanol–water partition coefficient (Wildman–Crippen LogP) is 5.58. The van der Waals surface area contributed by atoms with E-state index in [2.05, 4.69) is 12.2 Å². The summed E-state index contributed by atoms with van der Waals surface area (Å²) in [5.41, 5.74) is 0.759. The highest BCUT2D eigenvalue weighted by Gasteiger charge is 2.14. The van der Waals surface area contributed by atoms with Gasteiger partial charge >= 0.3 is 0 Å². The fourth-order valence-corrected chi connectivity index (χ4v) is 2.76. The number of halogens is 1. The minimum absolute atomic E-state index is 0.214. The van der Waals surface area contributed by atoms with Gasteiger partial charge in [-0.05, 0) is 37.7 Å². The van der Waals surface area contributed by atoms with Crippen LogP contribution in [-0.4, -0.2) is 7.05 Å². The number of unbranched alkanes of at least 4 members (excludes halogenated alkanes) is 5. The Bertz CT molecular complexity index is 549. The highest BCUT2D eigenvalue weighted by atomic mass is 19.1. The van der Waals surface area contributed by atoms with Gasteiger partial charge in [0.2, 0.25) is 0 Å². The molecule has 0 aliphatic rings. The molecule has 1 aromatic heterocycles. The van der Waals surface area contributed by atoms with Crippen molar-refractivity contribution in [1.82, 2.24) is 5.32 Å². The average Bonchev–Trinajstić information content (AvgIpc) is 2.89. The Morgan fingerprint density at radius 2 is 1.86 bits per heavy atom. The molecule has 2 rings (SSSR count). The normalized spacial score (nSPS) is 12.9. The third-order valence-corrected chi connectivity index (χ3v) is 4.04. The maximum Gasteiger partial charge on any atom is 0.134 e. The summed E-state index contributed by atoms with van der Waals surface area (Å²) in [7, 11) is 1.95. The molecule has 0 aliphatic carbocycles. The molecule has 1 aromatic carbocycles. The molecule has 1 N–H and O–H groups in total. The molecule has 1 atom stereocenters. The van der Waals surface area contributed by atoms with Crippen LogP contribution in [0.5, 0.6) is 0 Å². The summed E-state index contributed by atoms with van der Waals surface area (Å²) in [4.78, 5) is 0. The van der Waals surface area contributed by atoms with E-state index in [0.717, 1.165) is 23.2 Å². The smallest absolute Gasteiger partial charge is 0.134 e. The Hall–Kier alpha value is -1.35. The maximum atomic E-state index is 13.2. The highest BCUT2D eigenvalue weighted by Crippen LogP contribution is 2.27. The van der Waals surface area contributed by atoms with Crippen LogP contribution in [0.1, 0.15) is 63.7 Å². The Morgan fingerprint density at radius 3 is 2.62 bits per heavy atom. The summed E-state index contributed by atoms with van der Waals surface area (Å²) in [5, 5.41) is 4.15. The maximum absolute atomic E-state index is 13.2. The topological polar surface area (TPSA) is 25.2 Å². The molecule has 0 spiro atoms. The van der Waals surface area contributed by atoms with Gasteiger partial charge < -0.3 is 9.73 Å². The Morgan fingerprint density at radius 1 is 1.10 bits per heavy atom. The van der Waals surface area contributed by atoms with E-state index < -0.39 is 0 Å². The Labute approximate surface area is 126 Å². The second-order valence-corrected chi connectivity index (χ2v) is 5.73. The van der Waals surface area contributed by atoms with Gasteiger partial charge in [-0.15, -0.1) is 0 Å². The minimum atomic E-state index is -0.216. The fraction of sp³-hybridized carbons (Fsp3) is 0.556. The van der Waals surface area contributed by atoms with Gasteiger partial charge in [0.15, 0.2) is 0 Å². The van der Waals surface area contributed by atoms with E-state index in [-0.39, 0.29) is 11.9 Å². The van der Waals surface area contributed by atoms with Crippen LogP contribution in [0.25, 0.3) is 11.0 Å². The van der Waals surface area contributed by atoms with E-state index in [9.17, 15) is 4.39 Å². The molecule has 2 aromatic rings. The van der Waals surface area contributed by atoms with Crippen LogP contribution in [0.4, 0.5) is 4.39 Å². The van der Waals surface area contributed by atoms with E-state index in [1.165, 1.54) is 50.7 Å². The van der Waals surface area contributed by atoms with Crippen LogP contribution in [0, 0.1) is 5.82 Å². The standard InChI is InChI=1S/C18H26FNO/c1-3-4-5-6-7-8-9-16(20-2)18-13-14-12-15(19)10-11-17(14)21-18/h10-13,16,20H,3-9H2,1-2H3. The molecule has 0 bridgehead atoms. The summed E-state index contributed by atoms with van der Waals surface area (Å²) in [6, 6.07) is 6.84. The van der Waals surface area contributed by atoms with E-state index >= 15 is 0 Å². The molecule has 2 nitrogen and oxygen atoms in total. The van der Waals surface area contributed by atoms with Gasteiger partial charge in [-0.3, -0.25) is 0 Å². The Balaban J connectivity index is 1.90. The highest BCUT2D eigenvalue weighted by molar-refractivity contribution is 5.78. The van der Waals surface area contributed by atoms with Crippen molar-refractivity contribution in [3.05, 3.63) is 35.8 Å². The molecule has 0 fully saturated rings. The van der Waals surface area contributed by atoms with E-state index in [0.29, 0.717) is 0 Å². The van der Waals surface area contributed by atoms with Crippen molar-refractivity contribution < 1.29 is 8.81 Å². The van der Waals surface area contributed by atoms with Gasteiger partial charge in [-0.2, -0.15) is 0 Å². The zero-order chi connectivity index (χ0) is 15.1. The summed E-state index contributed by atoms with van der Waals surface area (Å²) in [6.07, 6.45) is 8.80. The van der Waals surface area contributed by atoms with Crippen LogP contribution in [0.3, 0.4) is 0 Å². The summed E-state index contributed by atoms with van der Waals surface area (Å²) >= 11 is 0. The van der Waals surface area contributed by atoms with Crippen LogP contribution in [0.2, 0.25) is 0 Å². The molecule has 0 aliphatic heterocycles. The third-order valence-electron chi connectivity index (χ3n) is 4.04. The molecule has 1 unspecified atom stereocenters. The van der Waals surface area contributed by atoms with Crippen LogP contribution < -0.4 is 5.32 Å². The number of furan rings is 1. The lowest BCUT2D eigenvalue weighted by molar-refractivity contribution is 0.416. The number of benzene rings is 1. The van der Waals surface area contributed by atoms with Gasteiger partial charge in [0.1, 0.15) is 17.2 Å². The predicted molar refractivity (Wildman–Crippen MR) is 86.0 cm³/mol. The van der Waals surface area contributed by atoms with Gasteiger partial charge in [0.25, 0.3) is 0 Å². The molecule has 3 heteroatoms. The van der Waals surface area contributed by atoms with Gasteiger partial charge in [0, 0.05) is 5.39 Å². The lowest BCUT2D eigenvalue weighted by atomic mass is 10.0. The van der Waals surface area contributed by atoms with Crippen molar-refractivity contribution in [1.29, 1.82) is 0 Å². The van der Waals surface area contributed by atoms with E-state index in [1.54, 1.807) is 6.07 Å². The zero-order valence-corrected chi connectivity index (χ0v) is 13.1. The SMILES string of the molecule is CCCCCCCCC(NC)c1cc2cc(F)ccc2o1. The Kier molecular flexibility index (Phi) is 6.24. The molecular weight excluding hydrogens is 265 g/mol. The zero-order valence-electron chi connectivity index (χ0n) is 13.1. The van der Waals surface area contributed by atoms with E-state index in [4.69, 9.17) is 4.42 Å². The summed E-state index contributed by atoms with van der Waals surface area (Å²) in [6.45, 7) is 2.24. The van der Waals surface area contributed by atoms with Gasteiger partial charge in [-0.1, -0.05) is 45.4 Å². The first-order valence-corrected chi connectivity index (χ1v) is 8.11. The molecule has 0 saturated carbocycles. The lowest BCUT2D eigenvalue weighted by Gasteiger charge is -2.13. The van der Waals surface area contributed by atoms with Crippen molar-refractivity contribution in [3.63, 3.8) is 0 Å². The van der Waals surface area contributed by atoms with Gasteiger partial charge in [-0.25, -0.2) is 4.39 Å². The number of rotatable bonds is 9. The van der Waals surface area contributed by atoms with E-state index in [1.807, 2.05) is 13.1 Å². The number of hydrogen-bond donors (Lipinski definition) is 1. The molecule has 0 saturated heterocycles. The van der Waals surface area contributed by atoms with Crippen LogP contribution >= 0.6 is 0 Å². The molecule has 0 radical (unpaired) electrons. The number of nitrogens with one attached hydrogen (secondary N) is 1. The fourth-order valence-electron chi connectivity index (χ4n) is 2.76. The first kappa shape index (κ1) is 16.0. The summed E-state index contributed by atoms with van der Waals surface area (Å²) < 4.78 is 19.1. The second kappa shape index (κ2) is 8.18. The first-order valence-electron chi connectivity index (χ1n) is 8.11. The number of fused-ring (bicyclic) bond motifs is 1. The monoisotopic (exact) mass is 291 g/mol. The number of hydrogen-bond acceptors (Lipinski definition) is 2. The van der Waals surface area contributed by atoms with Crippen molar-refractivity contribution in [2.45, 2.75) is 57.9 Å². The molecular formula is C18H26FNO. The lowest BCUT2D eigenvalue weighted by Crippen LogP contribution is -2.15. The second-order valence-electron chi connectivity index (χ2n) is 5.73. The van der Waals surface area contributed by atoms with Crippen LogP contribution in [0.15, 0.2) is 28.7 Å². The van der Waals surface area contributed by atoms with Gasteiger partial charge in [0.05, 0.1) is 6.04 Å². The van der Waals surface area contributed by atoms with Crippen molar-refractivity contribution in [3.8, 4) is 0 Å². The van der Waals surface area contributed by atoms with Crippen molar-refractivity contribution >= 4 is 11.0 Å². The first-order chi connectivity index (χ1) is 10.2. The minimum Gasteiger partial charge on any atom is -0.459 e. The average molecular weight is 291 g/mol.